The Hall–Kier alpha value is -3.08. The number of hydrogen-bond donors (Lipinski definition) is 3. The van der Waals surface area contributed by atoms with Gasteiger partial charge >= 0.3 is 6.03 Å². The van der Waals surface area contributed by atoms with Crippen LogP contribution in [0.5, 0.6) is 5.75 Å². The number of methoxy groups -OCH3 is 1. The Balaban J connectivity index is 1.54. The number of rotatable bonds is 6. The maximum Gasteiger partial charge on any atom is 0.327 e. The van der Waals surface area contributed by atoms with Gasteiger partial charge in [-0.15, -0.1) is 11.8 Å². The van der Waals surface area contributed by atoms with Gasteiger partial charge in [0.25, 0.3) is 0 Å². The van der Waals surface area contributed by atoms with Crippen molar-refractivity contribution < 1.29 is 19.1 Å². The van der Waals surface area contributed by atoms with Crippen molar-refractivity contribution in [1.82, 2.24) is 20.4 Å². The zero-order chi connectivity index (χ0) is 26.1. The fourth-order valence-electron chi connectivity index (χ4n) is 4.91. The molecule has 3 N–H and O–H groups in total. The number of thioether (sulfide) groups is 1. The molecule has 0 aromatic heterocycles. The van der Waals surface area contributed by atoms with E-state index >= 15 is 0 Å². The first-order chi connectivity index (χ1) is 17.1. The number of nitrogens with one attached hydrogen (secondary N) is 3. The van der Waals surface area contributed by atoms with Crippen LogP contribution in [0.4, 0.5) is 10.5 Å². The van der Waals surface area contributed by atoms with Crippen molar-refractivity contribution >= 4 is 35.3 Å². The number of carbonyl (C=O) groups excluding carboxylic acids is 3. The molecule has 9 nitrogen and oxygen atoms in total. The maximum absolute atomic E-state index is 13.2. The lowest BCUT2D eigenvalue weighted by atomic mass is 9.96. The Labute approximate surface area is 215 Å². The Kier molecular flexibility index (Phi) is 7.58. The predicted octanol–water partition coefficient (Wildman–Crippen LogP) is 2.98. The second-order valence-electron chi connectivity index (χ2n) is 9.35. The van der Waals surface area contributed by atoms with Gasteiger partial charge in [0.05, 0.1) is 36.5 Å². The van der Waals surface area contributed by atoms with E-state index in [9.17, 15) is 14.4 Å². The molecule has 4 unspecified atom stereocenters. The number of carbonyl (C=O) groups is 3. The summed E-state index contributed by atoms with van der Waals surface area (Å²) in [6, 6.07) is 11.3. The number of imide groups is 1. The van der Waals surface area contributed by atoms with E-state index < -0.39 is 17.5 Å². The number of hydrogen-bond acceptors (Lipinski definition) is 7. The van der Waals surface area contributed by atoms with Gasteiger partial charge in [-0.2, -0.15) is 0 Å². The second-order valence-corrected chi connectivity index (χ2v) is 10.5. The molecule has 2 heterocycles. The first-order valence-electron chi connectivity index (χ1n) is 11.8. The summed E-state index contributed by atoms with van der Waals surface area (Å²) >= 11 is 1.37. The number of urea groups is 1. The first kappa shape index (κ1) is 26.0. The molecule has 4 rings (SSSR count). The molecule has 10 heteroatoms. The third-order valence-corrected chi connectivity index (χ3v) is 7.96. The fourth-order valence-corrected chi connectivity index (χ4v) is 6.01. The average Bonchev–Trinajstić information content (AvgIpc) is 2.86. The summed E-state index contributed by atoms with van der Waals surface area (Å²) in [5.41, 5.74) is 4.91. The quantitative estimate of drug-likeness (QED) is 0.548. The molecule has 36 heavy (non-hydrogen) atoms. The Morgan fingerprint density at radius 3 is 2.31 bits per heavy atom. The molecule has 0 saturated carbocycles. The summed E-state index contributed by atoms with van der Waals surface area (Å²) in [6.07, 6.45) is -0.845. The van der Waals surface area contributed by atoms with Crippen LogP contribution in [0.15, 0.2) is 36.4 Å². The molecule has 2 aliphatic rings. The van der Waals surface area contributed by atoms with Crippen molar-refractivity contribution in [3.8, 4) is 5.75 Å². The van der Waals surface area contributed by atoms with Gasteiger partial charge in [-0.3, -0.25) is 25.1 Å². The number of nitrogens with zero attached hydrogens (tertiary/aromatic N) is 2. The summed E-state index contributed by atoms with van der Waals surface area (Å²) in [6.45, 7) is 5.98. The van der Waals surface area contributed by atoms with Crippen molar-refractivity contribution in [3.63, 3.8) is 0 Å². The predicted molar refractivity (Wildman–Crippen MR) is 141 cm³/mol. The summed E-state index contributed by atoms with van der Waals surface area (Å²) in [5.74, 6) is -0.0998. The van der Waals surface area contributed by atoms with E-state index in [0.717, 1.165) is 38.6 Å². The normalized spacial score (nSPS) is 23.9. The van der Waals surface area contributed by atoms with E-state index in [-0.39, 0.29) is 29.8 Å². The highest BCUT2D eigenvalue weighted by atomic mass is 32.2. The molecule has 2 aliphatic heterocycles. The third-order valence-electron chi connectivity index (χ3n) is 6.74. The zero-order valence-electron chi connectivity index (χ0n) is 21.4. The standard InChI is InChI=1S/C26H33N5O4S/c1-14-11-15(2)21(16(3)12-14)27-19(32)13-36-24-20-23(30(4)26(34)31(5)25(20)33)28-22(29-24)17-7-9-18(35-6)10-8-17/h7-12,20,22-24,28-29H,13H2,1-6H3,(H,27,32). The molecule has 2 saturated heterocycles. The van der Waals surface area contributed by atoms with Crippen molar-refractivity contribution in [2.45, 2.75) is 38.5 Å². The summed E-state index contributed by atoms with van der Waals surface area (Å²) in [4.78, 5) is 41.5. The highest BCUT2D eigenvalue weighted by Crippen LogP contribution is 2.35. The fraction of sp³-hybridized carbons (Fsp3) is 0.423. The van der Waals surface area contributed by atoms with Gasteiger partial charge in [0.1, 0.15) is 5.75 Å². The van der Waals surface area contributed by atoms with E-state index in [1.165, 1.54) is 18.8 Å². The molecular weight excluding hydrogens is 478 g/mol. The number of ether oxygens (including phenoxy) is 1. The molecule has 4 amide bonds. The highest BCUT2D eigenvalue weighted by molar-refractivity contribution is 8.00. The van der Waals surface area contributed by atoms with Crippen LogP contribution >= 0.6 is 11.8 Å². The van der Waals surface area contributed by atoms with E-state index in [0.29, 0.717) is 0 Å². The van der Waals surface area contributed by atoms with Gasteiger partial charge in [-0.1, -0.05) is 29.8 Å². The monoisotopic (exact) mass is 511 g/mol. The van der Waals surface area contributed by atoms with Crippen LogP contribution < -0.4 is 20.7 Å². The Morgan fingerprint density at radius 2 is 1.69 bits per heavy atom. The summed E-state index contributed by atoms with van der Waals surface area (Å²) in [7, 11) is 4.78. The summed E-state index contributed by atoms with van der Waals surface area (Å²) < 4.78 is 5.27. The molecule has 0 bridgehead atoms. The molecule has 4 atom stereocenters. The van der Waals surface area contributed by atoms with Crippen LogP contribution in [0.25, 0.3) is 0 Å². The van der Waals surface area contributed by atoms with Crippen LogP contribution in [0.1, 0.15) is 28.4 Å². The number of fused-ring (bicyclic) bond motifs is 1. The van der Waals surface area contributed by atoms with Gasteiger partial charge in [-0.05, 0) is 49.6 Å². The van der Waals surface area contributed by atoms with Gasteiger partial charge in [0.2, 0.25) is 11.8 Å². The molecule has 0 spiro atoms. The third kappa shape index (κ3) is 5.07. The highest BCUT2D eigenvalue weighted by Gasteiger charge is 2.51. The Bertz CT molecular complexity index is 1150. The van der Waals surface area contributed by atoms with Crippen molar-refractivity contribution in [2.75, 3.05) is 32.3 Å². The lowest BCUT2D eigenvalue weighted by molar-refractivity contribution is -0.140. The zero-order valence-corrected chi connectivity index (χ0v) is 22.2. The average molecular weight is 512 g/mol. The largest absolute Gasteiger partial charge is 0.497 e. The van der Waals surface area contributed by atoms with Crippen molar-refractivity contribution in [2.24, 2.45) is 5.92 Å². The van der Waals surface area contributed by atoms with Gasteiger partial charge in [0.15, 0.2) is 0 Å². The number of amides is 4. The van der Waals surface area contributed by atoms with Gasteiger partial charge in [-0.25, -0.2) is 4.79 Å². The van der Waals surface area contributed by atoms with Crippen LogP contribution in [0.3, 0.4) is 0 Å². The second kappa shape index (κ2) is 10.5. The van der Waals surface area contributed by atoms with E-state index in [4.69, 9.17) is 4.74 Å². The molecule has 192 valence electrons. The smallest absolute Gasteiger partial charge is 0.327 e. The minimum absolute atomic E-state index is 0.144. The number of benzene rings is 2. The molecular formula is C26H33N5O4S. The van der Waals surface area contributed by atoms with Gasteiger partial charge in [0, 0.05) is 19.8 Å². The molecule has 0 aliphatic carbocycles. The minimum atomic E-state index is -0.562. The maximum atomic E-state index is 13.2. The molecule has 2 fully saturated rings. The summed E-state index contributed by atoms with van der Waals surface area (Å²) in [5, 5.41) is 9.53. The SMILES string of the molecule is COc1ccc(C2NC(SCC(=O)Nc3c(C)cc(C)cc3C)C3C(=O)N(C)C(=O)N(C)C3N2)cc1. The lowest BCUT2D eigenvalue weighted by Gasteiger charge is -2.50. The van der Waals surface area contributed by atoms with E-state index in [1.54, 1.807) is 19.1 Å². The van der Waals surface area contributed by atoms with Crippen LogP contribution in [0, 0.1) is 26.7 Å². The molecule has 2 aromatic carbocycles. The topological polar surface area (TPSA) is 103 Å². The lowest BCUT2D eigenvalue weighted by Crippen LogP contribution is -2.72. The Morgan fingerprint density at radius 1 is 1.06 bits per heavy atom. The van der Waals surface area contributed by atoms with Crippen molar-refractivity contribution in [1.29, 1.82) is 0 Å². The number of anilines is 1. The van der Waals surface area contributed by atoms with Crippen LogP contribution in [-0.4, -0.2) is 66.1 Å². The van der Waals surface area contributed by atoms with Crippen LogP contribution in [0.2, 0.25) is 0 Å². The molecule has 2 aromatic rings. The first-order valence-corrected chi connectivity index (χ1v) is 12.8. The minimum Gasteiger partial charge on any atom is -0.497 e. The van der Waals surface area contributed by atoms with Crippen LogP contribution in [-0.2, 0) is 9.59 Å². The van der Waals surface area contributed by atoms with E-state index in [2.05, 4.69) is 16.0 Å². The van der Waals surface area contributed by atoms with Crippen molar-refractivity contribution in [3.05, 3.63) is 58.7 Å². The van der Waals surface area contributed by atoms with Gasteiger partial charge < -0.3 is 15.0 Å². The molecule has 0 radical (unpaired) electrons. The number of aryl methyl sites for hydroxylation is 3. The van der Waals surface area contributed by atoms with E-state index in [1.807, 2.05) is 57.2 Å².